The fraction of sp³-hybridized carbons (Fsp3) is 0. The first kappa shape index (κ1) is 10.6. The van der Waals surface area contributed by atoms with Gasteiger partial charge in [-0.3, -0.25) is 0 Å². The summed E-state index contributed by atoms with van der Waals surface area (Å²) in [6, 6.07) is 1.34. The van der Waals surface area contributed by atoms with E-state index in [0.29, 0.717) is 10.0 Å². The largest absolute Gasteiger partial charge is 0.477 e. The van der Waals surface area contributed by atoms with Crippen LogP contribution >= 0.6 is 35.3 Å². The summed E-state index contributed by atoms with van der Waals surface area (Å²) in [6.07, 6.45) is 0. The third-order valence-electron chi connectivity index (χ3n) is 0.924. The Labute approximate surface area is 78.2 Å². The minimum absolute atomic E-state index is 0. The number of nitrogens with two attached hydrogens (primary N) is 1. The number of thiophene rings is 1. The van der Waals surface area contributed by atoms with Gasteiger partial charge in [0.05, 0.1) is 5.69 Å². The predicted molar refractivity (Wildman–Crippen MR) is 47.9 cm³/mol. The van der Waals surface area contributed by atoms with Gasteiger partial charge in [0.2, 0.25) is 0 Å². The van der Waals surface area contributed by atoms with E-state index in [2.05, 4.69) is 0 Å². The molecule has 3 N–H and O–H groups in total. The number of carboxylic acid groups (broad SMARTS) is 1. The molecule has 0 saturated heterocycles. The number of carbonyl (C=O) groups is 1. The fourth-order valence-electron chi connectivity index (χ4n) is 0.488. The van der Waals surface area contributed by atoms with Crippen LogP contribution in [0.2, 0.25) is 4.34 Å². The maximum atomic E-state index is 10.3. The van der Waals surface area contributed by atoms with Crippen molar-refractivity contribution >= 4 is 47.0 Å². The average Bonchev–Trinajstić information content (AvgIpc) is 2.13. The van der Waals surface area contributed by atoms with Crippen LogP contribution in [0.4, 0.5) is 5.69 Å². The number of aromatic carboxylic acids is 1. The normalized spacial score (nSPS) is 8.82. The van der Waals surface area contributed by atoms with Crippen molar-refractivity contribution in [2.45, 2.75) is 0 Å². The topological polar surface area (TPSA) is 63.3 Å². The molecule has 0 radical (unpaired) electrons. The summed E-state index contributed by atoms with van der Waals surface area (Å²) < 4.78 is 0.331. The molecule has 62 valence electrons. The van der Waals surface area contributed by atoms with Gasteiger partial charge in [0.15, 0.2) is 0 Å². The first-order valence-corrected chi connectivity index (χ1v) is 3.59. The Balaban J connectivity index is 0.000001000. The Morgan fingerprint density at radius 1 is 1.73 bits per heavy atom. The highest BCUT2D eigenvalue weighted by Crippen LogP contribution is 2.29. The summed E-state index contributed by atoms with van der Waals surface area (Å²) in [7, 11) is 0. The second kappa shape index (κ2) is 3.80. The Bertz CT molecular complexity index is 254. The molecule has 1 aromatic rings. The smallest absolute Gasteiger partial charge is 0.345 e. The van der Waals surface area contributed by atoms with Crippen LogP contribution < -0.4 is 5.73 Å². The molecule has 6 heteroatoms. The number of nitrogen functional groups attached to an aromatic ring is 1. The number of hydrogen-bond acceptors (Lipinski definition) is 3. The van der Waals surface area contributed by atoms with Crippen LogP contribution in [0.3, 0.4) is 0 Å². The standard InChI is InChI=1S/C5H4ClNO2S.ClH/c6-4-2(7)1-3(10-4)5(8)9;/h1H,7H2,(H,8,9);1H. The lowest BCUT2D eigenvalue weighted by molar-refractivity contribution is 0.0702. The molecule has 0 aromatic carbocycles. The van der Waals surface area contributed by atoms with Crippen LogP contribution in [0.25, 0.3) is 0 Å². The lowest BCUT2D eigenvalue weighted by Gasteiger charge is -1.79. The van der Waals surface area contributed by atoms with E-state index >= 15 is 0 Å². The van der Waals surface area contributed by atoms with Gasteiger partial charge >= 0.3 is 5.97 Å². The summed E-state index contributed by atoms with van der Waals surface area (Å²) >= 11 is 6.47. The predicted octanol–water partition coefficient (Wildman–Crippen LogP) is 2.10. The zero-order chi connectivity index (χ0) is 7.72. The molecule has 0 fully saturated rings. The fourth-order valence-corrected chi connectivity index (χ4v) is 1.44. The molecule has 1 aromatic heterocycles. The first-order valence-electron chi connectivity index (χ1n) is 2.39. The van der Waals surface area contributed by atoms with Gasteiger partial charge in [-0.2, -0.15) is 0 Å². The quantitative estimate of drug-likeness (QED) is 0.752. The number of rotatable bonds is 1. The van der Waals surface area contributed by atoms with E-state index < -0.39 is 5.97 Å². The molecule has 11 heavy (non-hydrogen) atoms. The molecule has 1 heterocycles. The van der Waals surface area contributed by atoms with E-state index in [1.54, 1.807) is 0 Å². The number of halogens is 2. The van der Waals surface area contributed by atoms with E-state index in [4.69, 9.17) is 22.4 Å². The van der Waals surface area contributed by atoms with Crippen LogP contribution in [0.5, 0.6) is 0 Å². The van der Waals surface area contributed by atoms with Gasteiger partial charge in [0, 0.05) is 0 Å². The lowest BCUT2D eigenvalue weighted by atomic mass is 10.4. The third kappa shape index (κ3) is 2.25. The van der Waals surface area contributed by atoms with E-state index in [9.17, 15) is 4.79 Å². The first-order chi connectivity index (χ1) is 4.61. The van der Waals surface area contributed by atoms with Crippen LogP contribution in [0.1, 0.15) is 9.67 Å². The minimum Gasteiger partial charge on any atom is -0.477 e. The summed E-state index contributed by atoms with van der Waals surface area (Å²) in [5.41, 5.74) is 5.62. The maximum Gasteiger partial charge on any atom is 0.345 e. The molecular weight excluding hydrogens is 209 g/mol. The van der Waals surface area contributed by atoms with E-state index in [-0.39, 0.29) is 17.3 Å². The molecule has 0 spiro atoms. The van der Waals surface area contributed by atoms with E-state index in [0.717, 1.165) is 11.3 Å². The van der Waals surface area contributed by atoms with E-state index in [1.165, 1.54) is 6.07 Å². The van der Waals surface area contributed by atoms with Gasteiger partial charge in [-0.05, 0) is 6.07 Å². The van der Waals surface area contributed by atoms with Crippen molar-refractivity contribution in [3.8, 4) is 0 Å². The number of carboxylic acids is 1. The molecule has 0 aliphatic carbocycles. The summed E-state index contributed by atoms with van der Waals surface area (Å²) in [5, 5.41) is 8.42. The van der Waals surface area contributed by atoms with Crippen molar-refractivity contribution in [2.24, 2.45) is 0 Å². The molecule has 0 unspecified atom stereocenters. The zero-order valence-corrected chi connectivity index (χ0v) is 7.59. The SMILES string of the molecule is Cl.Nc1cc(C(=O)O)sc1Cl. The molecule has 0 amide bonds. The number of anilines is 1. The second-order valence-electron chi connectivity index (χ2n) is 1.64. The van der Waals surface area contributed by atoms with Crippen LogP contribution in [-0.2, 0) is 0 Å². The van der Waals surface area contributed by atoms with Gasteiger partial charge in [0.1, 0.15) is 9.21 Å². The van der Waals surface area contributed by atoms with Crippen LogP contribution in [0.15, 0.2) is 6.07 Å². The van der Waals surface area contributed by atoms with Crippen molar-refractivity contribution in [1.82, 2.24) is 0 Å². The molecule has 0 saturated carbocycles. The number of hydrogen-bond donors (Lipinski definition) is 2. The van der Waals surface area contributed by atoms with Gasteiger partial charge in [-0.1, -0.05) is 11.6 Å². The van der Waals surface area contributed by atoms with Crippen molar-refractivity contribution in [3.05, 3.63) is 15.3 Å². The maximum absolute atomic E-state index is 10.3. The monoisotopic (exact) mass is 213 g/mol. The summed E-state index contributed by atoms with van der Waals surface area (Å²) in [4.78, 5) is 10.4. The van der Waals surface area contributed by atoms with Crippen molar-refractivity contribution in [3.63, 3.8) is 0 Å². The lowest BCUT2D eigenvalue weighted by Crippen LogP contribution is -1.90. The third-order valence-corrected chi connectivity index (χ3v) is 2.30. The Kier molecular flexibility index (Phi) is 3.65. The molecular formula is C5H5Cl2NO2S. The molecule has 0 atom stereocenters. The molecule has 3 nitrogen and oxygen atoms in total. The minimum atomic E-state index is -0.997. The van der Waals surface area contributed by atoms with Gasteiger partial charge in [-0.15, -0.1) is 23.7 Å². The molecule has 1 rings (SSSR count). The van der Waals surface area contributed by atoms with Crippen molar-refractivity contribution in [2.75, 3.05) is 5.73 Å². The molecule has 0 bridgehead atoms. The van der Waals surface area contributed by atoms with E-state index in [1.807, 2.05) is 0 Å². The van der Waals surface area contributed by atoms with Crippen molar-refractivity contribution in [1.29, 1.82) is 0 Å². The summed E-state index contributed by atoms with van der Waals surface area (Å²) in [6.45, 7) is 0. The highest BCUT2D eigenvalue weighted by atomic mass is 35.5. The Morgan fingerprint density at radius 3 is 2.45 bits per heavy atom. The summed E-state index contributed by atoms with van der Waals surface area (Å²) in [5.74, 6) is -0.997. The van der Waals surface area contributed by atoms with Crippen molar-refractivity contribution < 1.29 is 9.90 Å². The van der Waals surface area contributed by atoms with Crippen LogP contribution in [-0.4, -0.2) is 11.1 Å². The van der Waals surface area contributed by atoms with Gasteiger partial charge < -0.3 is 10.8 Å². The zero-order valence-electron chi connectivity index (χ0n) is 5.20. The van der Waals surface area contributed by atoms with Crippen LogP contribution in [0, 0.1) is 0 Å². The molecule has 0 aliphatic heterocycles. The highest BCUT2D eigenvalue weighted by Gasteiger charge is 2.08. The van der Waals surface area contributed by atoms with Gasteiger partial charge in [-0.25, -0.2) is 4.79 Å². The Hall–Kier alpha value is -0.450. The average molecular weight is 214 g/mol. The highest BCUT2D eigenvalue weighted by molar-refractivity contribution is 7.18. The van der Waals surface area contributed by atoms with Gasteiger partial charge in [0.25, 0.3) is 0 Å². The second-order valence-corrected chi connectivity index (χ2v) is 3.30. The Morgan fingerprint density at radius 2 is 2.27 bits per heavy atom. The molecule has 0 aliphatic rings.